The van der Waals surface area contributed by atoms with Crippen LogP contribution in [0.3, 0.4) is 0 Å². The lowest BCUT2D eigenvalue weighted by Gasteiger charge is -2.06. The van der Waals surface area contributed by atoms with Gasteiger partial charge in [0.05, 0.1) is 14.7 Å². The minimum atomic E-state index is -4.58. The maximum absolute atomic E-state index is 11.0. The van der Waals surface area contributed by atoms with Gasteiger partial charge in [-0.2, -0.15) is 8.42 Å². The standard InChI is InChI=1S/C8H8N2O7S/c11-9(12)8(10(13)14)5-6-3-1-2-4-7(6)18(15,16)17/h1-4,8H,5H2,(H,15,16,17). The third-order valence-corrected chi connectivity index (χ3v) is 3.09. The molecule has 1 N–H and O–H groups in total. The average molecular weight is 276 g/mol. The Balaban J connectivity index is 3.19. The second kappa shape index (κ2) is 5.06. The summed E-state index contributed by atoms with van der Waals surface area (Å²) in [6, 6.07) is 4.84. The molecule has 0 aliphatic rings. The van der Waals surface area contributed by atoms with Crippen LogP contribution < -0.4 is 0 Å². The molecular weight excluding hydrogens is 268 g/mol. The second-order valence-corrected chi connectivity index (χ2v) is 4.73. The molecule has 0 fully saturated rings. The maximum atomic E-state index is 11.0. The maximum Gasteiger partial charge on any atom is 0.454 e. The third-order valence-electron chi connectivity index (χ3n) is 2.14. The number of hydrogen-bond acceptors (Lipinski definition) is 6. The molecule has 0 aromatic heterocycles. The molecule has 0 radical (unpaired) electrons. The first-order chi connectivity index (χ1) is 8.23. The van der Waals surface area contributed by atoms with Crippen LogP contribution in [-0.4, -0.2) is 29.0 Å². The van der Waals surface area contributed by atoms with E-state index in [0.29, 0.717) is 0 Å². The molecule has 1 rings (SSSR count). The van der Waals surface area contributed by atoms with Crippen LogP contribution in [0, 0.1) is 20.2 Å². The Bertz CT molecular complexity index is 569. The van der Waals surface area contributed by atoms with E-state index in [2.05, 4.69) is 0 Å². The van der Waals surface area contributed by atoms with E-state index in [4.69, 9.17) is 4.55 Å². The van der Waals surface area contributed by atoms with Crippen LogP contribution in [0.1, 0.15) is 5.56 Å². The molecule has 0 atom stereocenters. The van der Waals surface area contributed by atoms with Gasteiger partial charge in [-0.25, -0.2) is 0 Å². The van der Waals surface area contributed by atoms with Gasteiger partial charge in [0, 0.05) is 0 Å². The minimum Gasteiger partial charge on any atom is -0.282 e. The molecule has 0 heterocycles. The Kier molecular flexibility index (Phi) is 3.93. The van der Waals surface area contributed by atoms with Gasteiger partial charge < -0.3 is 0 Å². The molecule has 0 saturated carbocycles. The van der Waals surface area contributed by atoms with E-state index in [0.717, 1.165) is 6.07 Å². The van der Waals surface area contributed by atoms with Gasteiger partial charge in [0.1, 0.15) is 6.42 Å². The lowest BCUT2D eigenvalue weighted by molar-refractivity contribution is -0.741. The van der Waals surface area contributed by atoms with E-state index in [1.165, 1.54) is 18.2 Å². The summed E-state index contributed by atoms with van der Waals surface area (Å²) in [5.41, 5.74) is -0.182. The summed E-state index contributed by atoms with van der Waals surface area (Å²) in [6.07, 6.45) is -2.89. The van der Waals surface area contributed by atoms with Crippen molar-refractivity contribution in [1.29, 1.82) is 0 Å². The molecule has 0 amide bonds. The molecule has 0 aliphatic heterocycles. The number of nitro groups is 2. The summed E-state index contributed by atoms with van der Waals surface area (Å²) in [4.78, 5) is 18.1. The summed E-state index contributed by atoms with van der Waals surface area (Å²) < 4.78 is 30.9. The molecule has 98 valence electrons. The Morgan fingerprint density at radius 1 is 1.17 bits per heavy atom. The van der Waals surface area contributed by atoms with Gasteiger partial charge in [0.2, 0.25) is 0 Å². The highest BCUT2D eigenvalue weighted by atomic mass is 32.2. The van der Waals surface area contributed by atoms with Gasteiger partial charge in [-0.05, 0) is 11.6 Å². The lowest BCUT2D eigenvalue weighted by atomic mass is 10.1. The third kappa shape index (κ3) is 3.21. The van der Waals surface area contributed by atoms with Crippen LogP contribution in [0.4, 0.5) is 0 Å². The molecule has 18 heavy (non-hydrogen) atoms. The minimum absolute atomic E-state index is 0.182. The van der Waals surface area contributed by atoms with Crippen molar-refractivity contribution >= 4 is 10.1 Å². The lowest BCUT2D eigenvalue weighted by Crippen LogP contribution is -2.31. The predicted molar refractivity (Wildman–Crippen MR) is 57.7 cm³/mol. The van der Waals surface area contributed by atoms with Gasteiger partial charge in [0.25, 0.3) is 10.1 Å². The fourth-order valence-corrected chi connectivity index (χ4v) is 2.08. The highest BCUT2D eigenvalue weighted by Crippen LogP contribution is 2.17. The normalized spacial score (nSPS) is 11.4. The second-order valence-electron chi connectivity index (χ2n) is 3.34. The quantitative estimate of drug-likeness (QED) is 0.354. The number of benzene rings is 1. The molecule has 0 spiro atoms. The van der Waals surface area contributed by atoms with Crippen molar-refractivity contribution in [3.8, 4) is 0 Å². The fourth-order valence-electron chi connectivity index (χ4n) is 1.35. The molecule has 1 aromatic rings. The van der Waals surface area contributed by atoms with E-state index in [9.17, 15) is 28.6 Å². The van der Waals surface area contributed by atoms with Crippen LogP contribution in [0.2, 0.25) is 0 Å². The number of rotatable bonds is 5. The molecule has 0 saturated heterocycles. The molecule has 10 heteroatoms. The van der Waals surface area contributed by atoms with Gasteiger partial charge in [0.15, 0.2) is 0 Å². The fraction of sp³-hybridized carbons (Fsp3) is 0.250. The predicted octanol–water partition coefficient (Wildman–Crippen LogP) is 0.355. The summed E-state index contributed by atoms with van der Waals surface area (Å²) >= 11 is 0. The smallest absolute Gasteiger partial charge is 0.282 e. The molecule has 0 aliphatic carbocycles. The van der Waals surface area contributed by atoms with Gasteiger partial charge in [-0.3, -0.25) is 24.8 Å². The zero-order chi connectivity index (χ0) is 13.9. The van der Waals surface area contributed by atoms with Crippen LogP contribution in [-0.2, 0) is 16.5 Å². The number of hydrogen-bond donors (Lipinski definition) is 1. The van der Waals surface area contributed by atoms with E-state index in [-0.39, 0.29) is 5.56 Å². The van der Waals surface area contributed by atoms with Gasteiger partial charge in [-0.15, -0.1) is 0 Å². The summed E-state index contributed by atoms with van der Waals surface area (Å²) in [5, 5.41) is 20.9. The summed E-state index contributed by atoms with van der Waals surface area (Å²) in [7, 11) is -4.58. The Morgan fingerprint density at radius 2 is 1.67 bits per heavy atom. The zero-order valence-electron chi connectivity index (χ0n) is 8.79. The van der Waals surface area contributed by atoms with Crippen molar-refractivity contribution in [3.63, 3.8) is 0 Å². The molecule has 0 bridgehead atoms. The average Bonchev–Trinajstić information content (AvgIpc) is 2.24. The van der Waals surface area contributed by atoms with E-state index >= 15 is 0 Å². The Morgan fingerprint density at radius 3 is 2.11 bits per heavy atom. The van der Waals surface area contributed by atoms with Crippen molar-refractivity contribution in [2.24, 2.45) is 0 Å². The van der Waals surface area contributed by atoms with Crippen molar-refractivity contribution in [3.05, 3.63) is 50.1 Å². The first-order valence-corrected chi connectivity index (χ1v) is 6.00. The van der Waals surface area contributed by atoms with Gasteiger partial charge in [-0.1, -0.05) is 18.2 Å². The monoisotopic (exact) mass is 276 g/mol. The molecule has 9 nitrogen and oxygen atoms in total. The van der Waals surface area contributed by atoms with Crippen LogP contribution in [0.15, 0.2) is 29.2 Å². The highest BCUT2D eigenvalue weighted by molar-refractivity contribution is 7.85. The van der Waals surface area contributed by atoms with Crippen molar-refractivity contribution in [1.82, 2.24) is 0 Å². The van der Waals surface area contributed by atoms with Crippen LogP contribution in [0.5, 0.6) is 0 Å². The first kappa shape index (κ1) is 14.0. The van der Waals surface area contributed by atoms with Gasteiger partial charge >= 0.3 is 6.17 Å². The number of nitrogens with zero attached hydrogens (tertiary/aromatic N) is 2. The van der Waals surface area contributed by atoms with Crippen molar-refractivity contribution in [2.75, 3.05) is 0 Å². The van der Waals surface area contributed by atoms with E-state index in [1.54, 1.807) is 0 Å². The molecular formula is C8H8N2O7S. The van der Waals surface area contributed by atoms with E-state index < -0.39 is 37.4 Å². The van der Waals surface area contributed by atoms with Crippen molar-refractivity contribution < 1.29 is 22.8 Å². The van der Waals surface area contributed by atoms with Crippen LogP contribution in [0.25, 0.3) is 0 Å². The Labute approximate surface area is 101 Å². The first-order valence-electron chi connectivity index (χ1n) is 4.56. The molecule has 1 aromatic carbocycles. The largest absolute Gasteiger partial charge is 0.454 e. The Hall–Kier alpha value is -2.07. The van der Waals surface area contributed by atoms with E-state index in [1.807, 2.05) is 0 Å². The topological polar surface area (TPSA) is 141 Å². The zero-order valence-corrected chi connectivity index (χ0v) is 9.61. The summed E-state index contributed by atoms with van der Waals surface area (Å²) in [5.74, 6) is 0. The summed E-state index contributed by atoms with van der Waals surface area (Å²) in [6.45, 7) is 0. The van der Waals surface area contributed by atoms with Crippen molar-refractivity contribution in [2.45, 2.75) is 17.5 Å². The SMILES string of the molecule is O=[N+]([O-])C(Cc1ccccc1S(=O)(=O)O)[N+](=O)[O-]. The molecule has 0 unspecified atom stereocenters. The highest BCUT2D eigenvalue weighted by Gasteiger charge is 2.34. The van der Waals surface area contributed by atoms with Crippen LogP contribution >= 0.6 is 0 Å².